The SMILES string of the molecule is C=COCCCNS(=O)(=O)c1ncccc1F. The first-order chi connectivity index (χ1) is 8.08. The number of sulfonamides is 1. The van der Waals surface area contributed by atoms with E-state index in [9.17, 15) is 12.8 Å². The van der Waals surface area contributed by atoms with E-state index < -0.39 is 20.9 Å². The first kappa shape index (κ1) is 13.6. The minimum atomic E-state index is -3.90. The lowest BCUT2D eigenvalue weighted by Crippen LogP contribution is -2.27. The molecule has 17 heavy (non-hydrogen) atoms. The molecule has 1 heterocycles. The Morgan fingerprint density at radius 2 is 2.35 bits per heavy atom. The van der Waals surface area contributed by atoms with Crippen LogP contribution in [0.5, 0.6) is 0 Å². The van der Waals surface area contributed by atoms with Gasteiger partial charge in [-0.1, -0.05) is 6.58 Å². The van der Waals surface area contributed by atoms with Gasteiger partial charge in [-0.25, -0.2) is 22.5 Å². The van der Waals surface area contributed by atoms with Crippen molar-refractivity contribution in [3.63, 3.8) is 0 Å². The number of rotatable bonds is 7. The van der Waals surface area contributed by atoms with Crippen LogP contribution < -0.4 is 4.72 Å². The predicted octanol–water partition coefficient (Wildman–Crippen LogP) is 1.05. The average Bonchev–Trinajstić information content (AvgIpc) is 2.29. The van der Waals surface area contributed by atoms with Crippen LogP contribution in [-0.2, 0) is 14.8 Å². The maximum absolute atomic E-state index is 13.2. The Labute approximate surface area is 99.4 Å². The lowest BCUT2D eigenvalue weighted by atomic mass is 10.5. The van der Waals surface area contributed by atoms with Crippen molar-refractivity contribution in [1.29, 1.82) is 0 Å². The third-order valence-electron chi connectivity index (χ3n) is 1.83. The number of halogens is 1. The smallest absolute Gasteiger partial charge is 0.261 e. The highest BCUT2D eigenvalue weighted by atomic mass is 32.2. The number of hydrogen-bond donors (Lipinski definition) is 1. The summed E-state index contributed by atoms with van der Waals surface area (Å²) in [4.78, 5) is 3.49. The quantitative estimate of drug-likeness (QED) is 0.587. The molecule has 1 aromatic heterocycles. The molecule has 0 saturated heterocycles. The molecule has 0 spiro atoms. The van der Waals surface area contributed by atoms with Crippen LogP contribution in [0.2, 0.25) is 0 Å². The molecule has 0 saturated carbocycles. The maximum atomic E-state index is 13.2. The van der Waals surface area contributed by atoms with Gasteiger partial charge >= 0.3 is 0 Å². The van der Waals surface area contributed by atoms with E-state index in [1.807, 2.05) is 0 Å². The minimum absolute atomic E-state index is 0.145. The fraction of sp³-hybridized carbons (Fsp3) is 0.300. The van der Waals surface area contributed by atoms with Crippen LogP contribution in [0, 0.1) is 5.82 Å². The zero-order valence-electron chi connectivity index (χ0n) is 9.10. The summed E-state index contributed by atoms with van der Waals surface area (Å²) < 4.78 is 43.5. The van der Waals surface area contributed by atoms with Gasteiger partial charge in [0.25, 0.3) is 10.0 Å². The summed E-state index contributed by atoms with van der Waals surface area (Å²) in [5, 5.41) is -0.593. The van der Waals surface area contributed by atoms with E-state index in [1.54, 1.807) is 0 Å². The van der Waals surface area contributed by atoms with Gasteiger partial charge in [-0.3, -0.25) is 0 Å². The van der Waals surface area contributed by atoms with Crippen molar-refractivity contribution < 1.29 is 17.5 Å². The fourth-order valence-electron chi connectivity index (χ4n) is 1.08. The Morgan fingerprint density at radius 1 is 1.59 bits per heavy atom. The van der Waals surface area contributed by atoms with Crippen molar-refractivity contribution in [2.75, 3.05) is 13.2 Å². The van der Waals surface area contributed by atoms with E-state index in [1.165, 1.54) is 18.5 Å². The van der Waals surface area contributed by atoms with E-state index in [2.05, 4.69) is 16.3 Å². The van der Waals surface area contributed by atoms with Crippen molar-refractivity contribution in [2.45, 2.75) is 11.4 Å². The number of hydrogen-bond acceptors (Lipinski definition) is 4. The van der Waals surface area contributed by atoms with Crippen LogP contribution in [-0.4, -0.2) is 26.6 Å². The number of ether oxygens (including phenoxy) is 1. The molecule has 0 aliphatic carbocycles. The molecule has 94 valence electrons. The van der Waals surface area contributed by atoms with Crippen LogP contribution in [0.15, 0.2) is 36.2 Å². The molecule has 7 heteroatoms. The van der Waals surface area contributed by atoms with Gasteiger partial charge in [0, 0.05) is 12.7 Å². The molecule has 0 atom stereocenters. The molecule has 0 radical (unpaired) electrons. The van der Waals surface area contributed by atoms with Crippen LogP contribution in [0.1, 0.15) is 6.42 Å². The van der Waals surface area contributed by atoms with E-state index in [4.69, 9.17) is 4.74 Å². The molecule has 1 aromatic rings. The number of nitrogens with one attached hydrogen (secondary N) is 1. The van der Waals surface area contributed by atoms with Gasteiger partial charge in [-0.15, -0.1) is 0 Å². The van der Waals surface area contributed by atoms with Gasteiger partial charge in [-0.2, -0.15) is 0 Å². The summed E-state index contributed by atoms with van der Waals surface area (Å²) in [6.07, 6.45) is 2.95. The molecular formula is C10H13FN2O3S. The van der Waals surface area contributed by atoms with E-state index in [-0.39, 0.29) is 6.54 Å². The highest BCUT2D eigenvalue weighted by Crippen LogP contribution is 2.09. The molecule has 5 nitrogen and oxygen atoms in total. The Bertz CT molecular complexity index is 476. The van der Waals surface area contributed by atoms with Gasteiger partial charge in [0.15, 0.2) is 5.82 Å². The molecule has 0 fully saturated rings. The highest BCUT2D eigenvalue weighted by Gasteiger charge is 2.19. The lowest BCUT2D eigenvalue weighted by molar-refractivity contribution is 0.247. The van der Waals surface area contributed by atoms with Gasteiger partial charge in [0.05, 0.1) is 12.9 Å². The Balaban J connectivity index is 2.58. The van der Waals surface area contributed by atoms with Gasteiger partial charge in [-0.05, 0) is 18.6 Å². The van der Waals surface area contributed by atoms with Gasteiger partial charge < -0.3 is 4.74 Å². The second-order valence-electron chi connectivity index (χ2n) is 3.08. The summed E-state index contributed by atoms with van der Waals surface area (Å²) in [7, 11) is -3.90. The van der Waals surface area contributed by atoms with E-state index in [0.29, 0.717) is 13.0 Å². The first-order valence-electron chi connectivity index (χ1n) is 4.90. The molecule has 1 rings (SSSR count). The van der Waals surface area contributed by atoms with E-state index in [0.717, 1.165) is 6.07 Å². The van der Waals surface area contributed by atoms with Crippen molar-refractivity contribution in [3.05, 3.63) is 37.0 Å². The maximum Gasteiger partial charge on any atom is 0.261 e. The van der Waals surface area contributed by atoms with Crippen LogP contribution in [0.25, 0.3) is 0 Å². The predicted molar refractivity (Wildman–Crippen MR) is 60.1 cm³/mol. The Kier molecular flexibility index (Phi) is 5.05. The van der Waals surface area contributed by atoms with Crippen molar-refractivity contribution in [1.82, 2.24) is 9.71 Å². The van der Waals surface area contributed by atoms with E-state index >= 15 is 0 Å². The van der Waals surface area contributed by atoms with Gasteiger partial charge in [0.1, 0.15) is 0 Å². The molecule has 0 unspecified atom stereocenters. The third-order valence-corrected chi connectivity index (χ3v) is 3.22. The Morgan fingerprint density at radius 3 is 3.00 bits per heavy atom. The summed E-state index contributed by atoms with van der Waals surface area (Å²) in [5.74, 6) is -0.873. The topological polar surface area (TPSA) is 68.3 Å². The minimum Gasteiger partial charge on any atom is -0.502 e. The van der Waals surface area contributed by atoms with Crippen LogP contribution >= 0.6 is 0 Å². The zero-order valence-corrected chi connectivity index (χ0v) is 9.91. The molecule has 0 amide bonds. The molecule has 1 N–H and O–H groups in total. The summed E-state index contributed by atoms with van der Waals surface area (Å²) in [6.45, 7) is 3.83. The normalized spacial score (nSPS) is 11.1. The first-order valence-corrected chi connectivity index (χ1v) is 6.39. The summed E-state index contributed by atoms with van der Waals surface area (Å²) in [5.41, 5.74) is 0. The van der Waals surface area contributed by atoms with Gasteiger partial charge in [0.2, 0.25) is 5.03 Å². The lowest BCUT2D eigenvalue weighted by Gasteiger charge is -2.06. The number of aromatic nitrogens is 1. The second kappa shape index (κ2) is 6.31. The van der Waals surface area contributed by atoms with Crippen molar-refractivity contribution >= 4 is 10.0 Å². The molecule has 0 bridgehead atoms. The fourth-order valence-corrected chi connectivity index (χ4v) is 2.16. The number of nitrogens with zero attached hydrogens (tertiary/aromatic N) is 1. The largest absolute Gasteiger partial charge is 0.502 e. The monoisotopic (exact) mass is 260 g/mol. The molecule has 0 aliphatic heterocycles. The summed E-state index contributed by atoms with van der Waals surface area (Å²) >= 11 is 0. The Hall–Kier alpha value is -1.47. The zero-order chi connectivity index (χ0) is 12.7. The third kappa shape index (κ3) is 4.12. The van der Waals surface area contributed by atoms with Crippen LogP contribution in [0.3, 0.4) is 0 Å². The van der Waals surface area contributed by atoms with Crippen molar-refractivity contribution in [3.8, 4) is 0 Å². The molecule has 0 aromatic carbocycles. The molecular weight excluding hydrogens is 247 g/mol. The summed E-state index contributed by atoms with van der Waals surface area (Å²) in [6, 6.07) is 2.37. The average molecular weight is 260 g/mol. The standard InChI is InChI=1S/C10H13FN2O3S/c1-2-16-8-4-7-13-17(14,15)10-9(11)5-3-6-12-10/h2-3,5-6,13H,1,4,7-8H2. The van der Waals surface area contributed by atoms with Crippen molar-refractivity contribution in [2.24, 2.45) is 0 Å². The second-order valence-corrected chi connectivity index (χ2v) is 4.76. The van der Waals surface area contributed by atoms with Crippen LogP contribution in [0.4, 0.5) is 4.39 Å². The highest BCUT2D eigenvalue weighted by molar-refractivity contribution is 7.89. The number of pyridine rings is 1. The molecule has 0 aliphatic rings.